The second kappa shape index (κ2) is 11.1. The van der Waals surface area contributed by atoms with E-state index in [1.54, 1.807) is 19.3 Å². The lowest BCUT2D eigenvalue weighted by atomic mass is 9.88. The number of H-pyrrole nitrogens is 1. The molecule has 1 aliphatic rings. The van der Waals surface area contributed by atoms with Gasteiger partial charge in [0.1, 0.15) is 17.3 Å². The number of aromatic amines is 1. The van der Waals surface area contributed by atoms with Crippen molar-refractivity contribution >= 4 is 34.3 Å². The molecule has 0 spiro atoms. The summed E-state index contributed by atoms with van der Waals surface area (Å²) in [5, 5.41) is 26.4. The number of nitriles is 1. The van der Waals surface area contributed by atoms with Crippen molar-refractivity contribution in [3.8, 4) is 6.07 Å². The first-order valence-electron chi connectivity index (χ1n) is 12.3. The predicted octanol–water partition coefficient (Wildman–Crippen LogP) is 3.80. The standard InChI is InChI=1S/C25H33N9O/c1-4-17-12-16(13-18(5-2)34(17)11-7-9-26)29-24-19-8-6-10-28-20(19)14-22(31-24)30-23-15-21(32-33-23)25(35)27-3/h6,8,10,14-18H,4-5,7,11-13H2,1-3H3,(H,27,35)(H3,29,30,31,32,33). The molecule has 35 heavy (non-hydrogen) atoms. The van der Waals surface area contributed by atoms with E-state index in [-0.39, 0.29) is 11.9 Å². The largest absolute Gasteiger partial charge is 0.367 e. The van der Waals surface area contributed by atoms with Gasteiger partial charge in [0, 0.05) is 61.9 Å². The van der Waals surface area contributed by atoms with Gasteiger partial charge >= 0.3 is 0 Å². The lowest BCUT2D eigenvalue weighted by Gasteiger charge is -2.45. The first-order valence-corrected chi connectivity index (χ1v) is 12.3. The highest BCUT2D eigenvalue weighted by Crippen LogP contribution is 2.32. The zero-order valence-electron chi connectivity index (χ0n) is 20.5. The summed E-state index contributed by atoms with van der Waals surface area (Å²) in [5.41, 5.74) is 1.19. The number of piperidine rings is 1. The van der Waals surface area contributed by atoms with E-state index in [0.29, 0.717) is 35.8 Å². The molecule has 1 fully saturated rings. The van der Waals surface area contributed by atoms with Crippen LogP contribution in [0.2, 0.25) is 0 Å². The van der Waals surface area contributed by atoms with Gasteiger partial charge < -0.3 is 16.0 Å². The minimum atomic E-state index is -0.238. The Hall–Kier alpha value is -3.71. The molecule has 3 aromatic rings. The lowest BCUT2D eigenvalue weighted by Crippen LogP contribution is -2.52. The first-order chi connectivity index (χ1) is 17.1. The van der Waals surface area contributed by atoms with Crippen molar-refractivity contribution in [2.45, 2.75) is 64.1 Å². The fraction of sp³-hybridized carbons (Fsp3) is 0.480. The molecule has 0 aromatic carbocycles. The number of carbonyl (C=O) groups excluding carboxylic acids is 1. The minimum absolute atomic E-state index is 0.238. The van der Waals surface area contributed by atoms with Crippen molar-refractivity contribution in [3.05, 3.63) is 36.2 Å². The summed E-state index contributed by atoms with van der Waals surface area (Å²) in [6.45, 7) is 5.27. The molecule has 2 unspecified atom stereocenters. The summed E-state index contributed by atoms with van der Waals surface area (Å²) in [7, 11) is 1.57. The molecule has 0 saturated carbocycles. The van der Waals surface area contributed by atoms with Crippen LogP contribution in [0.1, 0.15) is 56.4 Å². The number of hydrogen-bond donors (Lipinski definition) is 4. The summed E-state index contributed by atoms with van der Waals surface area (Å²) in [5.74, 6) is 1.64. The zero-order valence-corrected chi connectivity index (χ0v) is 20.5. The van der Waals surface area contributed by atoms with Gasteiger partial charge in [-0.3, -0.25) is 19.8 Å². The Kier molecular flexibility index (Phi) is 7.77. The van der Waals surface area contributed by atoms with Crippen LogP contribution in [-0.4, -0.2) is 62.7 Å². The van der Waals surface area contributed by atoms with Crippen molar-refractivity contribution < 1.29 is 4.79 Å². The van der Waals surface area contributed by atoms with E-state index in [1.165, 1.54) is 0 Å². The molecule has 10 heteroatoms. The second-order valence-electron chi connectivity index (χ2n) is 8.88. The van der Waals surface area contributed by atoms with Crippen LogP contribution in [0, 0.1) is 11.3 Å². The number of likely N-dealkylation sites (tertiary alicyclic amines) is 1. The summed E-state index contributed by atoms with van der Waals surface area (Å²) >= 11 is 0. The van der Waals surface area contributed by atoms with Crippen LogP contribution < -0.4 is 16.0 Å². The third-order valence-corrected chi connectivity index (χ3v) is 6.72. The van der Waals surface area contributed by atoms with Gasteiger partial charge in [0.2, 0.25) is 0 Å². The Morgan fingerprint density at radius 3 is 2.69 bits per heavy atom. The van der Waals surface area contributed by atoms with Crippen LogP contribution in [0.15, 0.2) is 30.5 Å². The van der Waals surface area contributed by atoms with Gasteiger partial charge in [-0.25, -0.2) is 4.98 Å². The third kappa shape index (κ3) is 5.52. The van der Waals surface area contributed by atoms with Gasteiger partial charge in [-0.1, -0.05) is 13.8 Å². The molecule has 0 bridgehead atoms. The van der Waals surface area contributed by atoms with Crippen molar-refractivity contribution in [3.63, 3.8) is 0 Å². The maximum atomic E-state index is 11.8. The molecular weight excluding hydrogens is 442 g/mol. The number of aromatic nitrogens is 4. The number of hydrogen-bond acceptors (Lipinski definition) is 8. The van der Waals surface area contributed by atoms with Gasteiger partial charge in [-0.05, 0) is 37.8 Å². The Balaban J connectivity index is 1.58. The molecule has 1 aliphatic heterocycles. The van der Waals surface area contributed by atoms with Gasteiger partial charge in [0.25, 0.3) is 5.91 Å². The van der Waals surface area contributed by atoms with Crippen LogP contribution in [-0.2, 0) is 0 Å². The number of nitrogens with one attached hydrogen (secondary N) is 4. The van der Waals surface area contributed by atoms with E-state index in [0.717, 1.165) is 48.9 Å². The van der Waals surface area contributed by atoms with E-state index in [9.17, 15) is 4.79 Å². The van der Waals surface area contributed by atoms with Gasteiger partial charge in [-0.15, -0.1) is 0 Å². The Labute approximate surface area is 205 Å². The molecule has 4 heterocycles. The summed E-state index contributed by atoms with van der Waals surface area (Å²) in [4.78, 5) is 23.8. The van der Waals surface area contributed by atoms with Crippen LogP contribution in [0.5, 0.6) is 0 Å². The molecule has 4 N–H and O–H groups in total. The average Bonchev–Trinajstić information content (AvgIpc) is 3.35. The van der Waals surface area contributed by atoms with Gasteiger partial charge in [0.05, 0.1) is 11.6 Å². The molecule has 1 amide bonds. The molecule has 0 aliphatic carbocycles. The van der Waals surface area contributed by atoms with Crippen molar-refractivity contribution in [2.24, 2.45) is 0 Å². The van der Waals surface area contributed by atoms with Crippen LogP contribution in [0.25, 0.3) is 10.9 Å². The molecule has 0 radical (unpaired) electrons. The number of rotatable bonds is 9. The van der Waals surface area contributed by atoms with E-state index in [2.05, 4.69) is 55.9 Å². The highest BCUT2D eigenvalue weighted by atomic mass is 16.1. The molecule has 2 atom stereocenters. The number of carbonyl (C=O) groups is 1. The van der Waals surface area contributed by atoms with E-state index >= 15 is 0 Å². The minimum Gasteiger partial charge on any atom is -0.367 e. The molecule has 1 saturated heterocycles. The number of anilines is 3. The Morgan fingerprint density at radius 1 is 1.23 bits per heavy atom. The predicted molar refractivity (Wildman–Crippen MR) is 137 cm³/mol. The monoisotopic (exact) mass is 475 g/mol. The first kappa shape index (κ1) is 24.4. The second-order valence-corrected chi connectivity index (χ2v) is 8.88. The molecule has 4 rings (SSSR count). The fourth-order valence-corrected chi connectivity index (χ4v) is 5.00. The lowest BCUT2D eigenvalue weighted by molar-refractivity contribution is 0.0735. The quantitative estimate of drug-likeness (QED) is 0.367. The third-order valence-electron chi connectivity index (χ3n) is 6.72. The van der Waals surface area contributed by atoms with Gasteiger partial charge in [-0.2, -0.15) is 10.4 Å². The topological polar surface area (TPSA) is 135 Å². The highest BCUT2D eigenvalue weighted by molar-refractivity contribution is 5.93. The van der Waals surface area contributed by atoms with Crippen LogP contribution in [0.4, 0.5) is 17.5 Å². The molecule has 10 nitrogen and oxygen atoms in total. The fourth-order valence-electron chi connectivity index (χ4n) is 5.00. The zero-order chi connectivity index (χ0) is 24.8. The number of amides is 1. The van der Waals surface area contributed by atoms with Crippen molar-refractivity contribution in [1.82, 2.24) is 30.4 Å². The average molecular weight is 476 g/mol. The van der Waals surface area contributed by atoms with E-state index in [4.69, 9.17) is 10.2 Å². The number of fused-ring (bicyclic) bond motifs is 1. The maximum absolute atomic E-state index is 11.8. The van der Waals surface area contributed by atoms with Crippen LogP contribution in [0.3, 0.4) is 0 Å². The normalized spacial score (nSPS) is 20.3. The van der Waals surface area contributed by atoms with Crippen LogP contribution >= 0.6 is 0 Å². The molecular formula is C25H33N9O. The molecule has 3 aromatic heterocycles. The van der Waals surface area contributed by atoms with Crippen molar-refractivity contribution in [1.29, 1.82) is 5.26 Å². The Bertz CT molecular complexity index is 1190. The maximum Gasteiger partial charge on any atom is 0.269 e. The SMILES string of the molecule is CCC1CC(Nc2nc(Nc3cc(C(=O)NC)[nH]n3)cc3ncccc23)CC(CC)N1CCC#N. The summed E-state index contributed by atoms with van der Waals surface area (Å²) < 4.78 is 0. The van der Waals surface area contributed by atoms with Gasteiger partial charge in [0.15, 0.2) is 5.82 Å². The van der Waals surface area contributed by atoms with E-state index < -0.39 is 0 Å². The van der Waals surface area contributed by atoms with Crippen molar-refractivity contribution in [2.75, 3.05) is 24.2 Å². The Morgan fingerprint density at radius 2 is 2.00 bits per heavy atom. The molecule has 184 valence electrons. The highest BCUT2D eigenvalue weighted by Gasteiger charge is 2.33. The smallest absolute Gasteiger partial charge is 0.269 e. The summed E-state index contributed by atoms with van der Waals surface area (Å²) in [6.07, 6.45) is 6.41. The van der Waals surface area contributed by atoms with E-state index in [1.807, 2.05) is 18.2 Å². The number of nitrogens with zero attached hydrogens (tertiary/aromatic N) is 5. The summed E-state index contributed by atoms with van der Waals surface area (Å²) in [6, 6.07) is 10.9. The number of pyridine rings is 2.